The Bertz CT molecular complexity index is 426. The highest BCUT2D eigenvalue weighted by molar-refractivity contribution is 5.36. The summed E-state index contributed by atoms with van der Waals surface area (Å²) in [7, 11) is 0. The van der Waals surface area contributed by atoms with Crippen molar-refractivity contribution in [1.29, 1.82) is 0 Å². The van der Waals surface area contributed by atoms with E-state index in [0.717, 1.165) is 17.7 Å². The molecule has 0 spiro atoms. The monoisotopic (exact) mass is 283 g/mol. The van der Waals surface area contributed by atoms with Crippen LogP contribution in [0.15, 0.2) is 24.3 Å². The molecular formula is C16H23F2NO. The minimum atomic E-state index is -2.51. The summed E-state index contributed by atoms with van der Waals surface area (Å²) in [6.45, 7) is 2.69. The minimum Gasteiger partial charge on any atom is -0.493 e. The normalized spacial score (nSPS) is 20.6. The Morgan fingerprint density at radius 2 is 1.95 bits per heavy atom. The fourth-order valence-electron chi connectivity index (χ4n) is 2.77. The number of rotatable bonds is 5. The highest BCUT2D eigenvalue weighted by Crippen LogP contribution is 2.42. The van der Waals surface area contributed by atoms with Crippen LogP contribution in [-0.4, -0.2) is 12.5 Å². The number of nitrogens with two attached hydrogens (primary N) is 1. The minimum absolute atomic E-state index is 0.0522. The molecule has 20 heavy (non-hydrogen) atoms. The lowest BCUT2D eigenvalue weighted by atomic mass is 9.80. The van der Waals surface area contributed by atoms with Gasteiger partial charge in [0, 0.05) is 24.4 Å². The number of alkyl halides is 2. The van der Waals surface area contributed by atoms with E-state index in [9.17, 15) is 8.78 Å². The van der Waals surface area contributed by atoms with Gasteiger partial charge >= 0.3 is 0 Å². The van der Waals surface area contributed by atoms with Gasteiger partial charge in [0.25, 0.3) is 0 Å². The predicted molar refractivity (Wildman–Crippen MR) is 76.1 cm³/mol. The molecule has 0 saturated heterocycles. The molecule has 1 aromatic rings. The smallest absolute Gasteiger partial charge is 0.248 e. The number of hydrogen-bond acceptors (Lipinski definition) is 2. The molecular weight excluding hydrogens is 260 g/mol. The van der Waals surface area contributed by atoms with E-state index in [2.05, 4.69) is 0 Å². The van der Waals surface area contributed by atoms with Gasteiger partial charge in [-0.15, -0.1) is 0 Å². The maximum atomic E-state index is 13.2. The molecule has 0 aromatic heterocycles. The van der Waals surface area contributed by atoms with E-state index in [1.54, 1.807) is 0 Å². The molecule has 2 N–H and O–H groups in total. The van der Waals surface area contributed by atoms with Crippen LogP contribution in [0.3, 0.4) is 0 Å². The second-order valence-electron chi connectivity index (χ2n) is 5.61. The lowest BCUT2D eigenvalue weighted by molar-refractivity contribution is -0.0484. The first kappa shape index (κ1) is 15.2. The molecule has 1 unspecified atom stereocenters. The van der Waals surface area contributed by atoms with Crippen molar-refractivity contribution in [3.63, 3.8) is 0 Å². The largest absolute Gasteiger partial charge is 0.493 e. The van der Waals surface area contributed by atoms with Gasteiger partial charge in [-0.3, -0.25) is 0 Å². The van der Waals surface area contributed by atoms with Crippen LogP contribution in [0.4, 0.5) is 8.78 Å². The topological polar surface area (TPSA) is 35.2 Å². The Balaban J connectivity index is 2.07. The number of hydrogen-bond donors (Lipinski definition) is 1. The van der Waals surface area contributed by atoms with Crippen LogP contribution in [0.25, 0.3) is 0 Å². The molecule has 0 aliphatic heterocycles. The molecule has 4 heteroatoms. The second-order valence-corrected chi connectivity index (χ2v) is 5.61. The van der Waals surface area contributed by atoms with Crippen LogP contribution in [0.5, 0.6) is 5.75 Å². The van der Waals surface area contributed by atoms with Crippen molar-refractivity contribution in [1.82, 2.24) is 0 Å². The first-order chi connectivity index (χ1) is 9.53. The third kappa shape index (κ3) is 3.69. The van der Waals surface area contributed by atoms with E-state index >= 15 is 0 Å². The standard InChI is InChI=1S/C16H23F2NO/c1-2-11-20-14-6-4-3-5-13(14)15(19)12-7-9-16(17,18)10-8-12/h3-6,12,15H,2,7-11,19H2,1H3. The van der Waals surface area contributed by atoms with Crippen molar-refractivity contribution >= 4 is 0 Å². The summed E-state index contributed by atoms with van der Waals surface area (Å²) in [4.78, 5) is 0. The number of halogens is 2. The summed E-state index contributed by atoms with van der Waals surface area (Å²) in [5.41, 5.74) is 7.25. The summed E-state index contributed by atoms with van der Waals surface area (Å²) in [5, 5.41) is 0. The summed E-state index contributed by atoms with van der Waals surface area (Å²) in [6, 6.07) is 7.46. The van der Waals surface area contributed by atoms with Crippen LogP contribution < -0.4 is 10.5 Å². The molecule has 1 atom stereocenters. The van der Waals surface area contributed by atoms with Crippen LogP contribution in [0.2, 0.25) is 0 Å². The maximum absolute atomic E-state index is 13.2. The zero-order valence-electron chi connectivity index (χ0n) is 11.9. The van der Waals surface area contributed by atoms with Crippen molar-refractivity contribution < 1.29 is 13.5 Å². The summed E-state index contributed by atoms with van der Waals surface area (Å²) >= 11 is 0. The highest BCUT2D eigenvalue weighted by atomic mass is 19.3. The second kappa shape index (κ2) is 6.53. The highest BCUT2D eigenvalue weighted by Gasteiger charge is 2.37. The van der Waals surface area contributed by atoms with Gasteiger partial charge in [0.1, 0.15) is 5.75 Å². The summed E-state index contributed by atoms with van der Waals surface area (Å²) < 4.78 is 32.2. The number of para-hydroxylation sites is 1. The molecule has 0 bridgehead atoms. The van der Waals surface area contributed by atoms with Gasteiger partial charge in [0.2, 0.25) is 5.92 Å². The molecule has 1 aliphatic rings. The van der Waals surface area contributed by atoms with E-state index in [1.165, 1.54) is 0 Å². The Hall–Kier alpha value is -1.16. The van der Waals surface area contributed by atoms with E-state index < -0.39 is 5.92 Å². The van der Waals surface area contributed by atoms with E-state index in [0.29, 0.717) is 19.4 Å². The van der Waals surface area contributed by atoms with E-state index in [4.69, 9.17) is 10.5 Å². The van der Waals surface area contributed by atoms with E-state index in [-0.39, 0.29) is 24.8 Å². The van der Waals surface area contributed by atoms with Crippen LogP contribution >= 0.6 is 0 Å². The molecule has 2 nitrogen and oxygen atoms in total. The van der Waals surface area contributed by atoms with E-state index in [1.807, 2.05) is 31.2 Å². The van der Waals surface area contributed by atoms with Gasteiger partial charge in [0.15, 0.2) is 0 Å². The van der Waals surface area contributed by atoms with Gasteiger partial charge in [-0.2, -0.15) is 0 Å². The zero-order valence-corrected chi connectivity index (χ0v) is 11.9. The summed E-state index contributed by atoms with van der Waals surface area (Å²) in [6.07, 6.45) is 1.79. The Labute approximate surface area is 119 Å². The third-order valence-corrected chi connectivity index (χ3v) is 4.01. The maximum Gasteiger partial charge on any atom is 0.248 e. The quantitative estimate of drug-likeness (QED) is 0.874. The molecule has 112 valence electrons. The molecule has 1 aromatic carbocycles. The van der Waals surface area contributed by atoms with Gasteiger partial charge in [0.05, 0.1) is 6.61 Å². The van der Waals surface area contributed by atoms with Gasteiger partial charge in [-0.05, 0) is 31.2 Å². The zero-order chi connectivity index (χ0) is 14.6. The Morgan fingerprint density at radius 1 is 1.30 bits per heavy atom. The lowest BCUT2D eigenvalue weighted by Crippen LogP contribution is -2.31. The molecule has 1 aliphatic carbocycles. The van der Waals surface area contributed by atoms with Gasteiger partial charge < -0.3 is 10.5 Å². The fraction of sp³-hybridized carbons (Fsp3) is 0.625. The van der Waals surface area contributed by atoms with Crippen molar-refractivity contribution in [2.45, 2.75) is 51.0 Å². The average molecular weight is 283 g/mol. The number of ether oxygens (including phenoxy) is 1. The van der Waals surface area contributed by atoms with Crippen molar-refractivity contribution in [3.05, 3.63) is 29.8 Å². The van der Waals surface area contributed by atoms with Crippen molar-refractivity contribution in [2.75, 3.05) is 6.61 Å². The average Bonchev–Trinajstić information content (AvgIpc) is 2.45. The third-order valence-electron chi connectivity index (χ3n) is 4.01. The van der Waals surface area contributed by atoms with Gasteiger partial charge in [-0.1, -0.05) is 25.1 Å². The Kier molecular flexibility index (Phi) is 4.97. The molecule has 1 fully saturated rings. The predicted octanol–water partition coefficient (Wildman–Crippen LogP) is 4.30. The van der Waals surface area contributed by atoms with Crippen molar-refractivity contribution in [3.8, 4) is 5.75 Å². The number of benzene rings is 1. The van der Waals surface area contributed by atoms with Crippen molar-refractivity contribution in [2.24, 2.45) is 11.7 Å². The lowest BCUT2D eigenvalue weighted by Gasteiger charge is -2.32. The molecule has 0 amide bonds. The Morgan fingerprint density at radius 3 is 2.60 bits per heavy atom. The molecule has 2 rings (SSSR count). The fourth-order valence-corrected chi connectivity index (χ4v) is 2.77. The SMILES string of the molecule is CCCOc1ccccc1C(N)C1CCC(F)(F)CC1. The first-order valence-electron chi connectivity index (χ1n) is 7.38. The van der Waals surface area contributed by atoms with Crippen LogP contribution in [-0.2, 0) is 0 Å². The molecule has 1 saturated carbocycles. The summed E-state index contributed by atoms with van der Waals surface area (Å²) in [5.74, 6) is -1.60. The van der Waals surface area contributed by atoms with Crippen LogP contribution in [0, 0.1) is 5.92 Å². The van der Waals surface area contributed by atoms with Crippen LogP contribution in [0.1, 0.15) is 50.6 Å². The first-order valence-corrected chi connectivity index (χ1v) is 7.38. The molecule has 0 heterocycles. The molecule has 0 radical (unpaired) electrons. The van der Waals surface area contributed by atoms with Gasteiger partial charge in [-0.25, -0.2) is 8.78 Å².